The molecule has 5 nitrogen and oxygen atoms in total. The summed E-state index contributed by atoms with van der Waals surface area (Å²) in [4.78, 5) is 12.5. The van der Waals surface area contributed by atoms with Crippen molar-refractivity contribution in [3.63, 3.8) is 0 Å². The summed E-state index contributed by atoms with van der Waals surface area (Å²) in [5.41, 5.74) is 1.39. The number of hydrogen-bond donors (Lipinski definition) is 1. The van der Waals surface area contributed by atoms with E-state index in [1.165, 1.54) is 11.8 Å². The second-order valence-corrected chi connectivity index (χ2v) is 8.48. The number of nitrogens with zero attached hydrogens (tertiary/aromatic N) is 3. The first-order chi connectivity index (χ1) is 13.9. The molecule has 0 radical (unpaired) electrons. The number of rotatable bonds is 7. The van der Waals surface area contributed by atoms with Crippen molar-refractivity contribution in [2.75, 3.05) is 0 Å². The molecule has 1 N–H and O–H groups in total. The molecule has 0 aliphatic rings. The van der Waals surface area contributed by atoms with Crippen LogP contribution in [0.15, 0.2) is 47.6 Å². The molecular weight excluding hydrogens is 451 g/mol. The van der Waals surface area contributed by atoms with E-state index < -0.39 is 0 Å². The Hall–Kier alpha value is -1.73. The van der Waals surface area contributed by atoms with Gasteiger partial charge in [-0.3, -0.25) is 4.79 Å². The quantitative estimate of drug-likeness (QED) is 0.428. The van der Waals surface area contributed by atoms with Gasteiger partial charge in [-0.15, -0.1) is 10.2 Å². The van der Waals surface area contributed by atoms with Gasteiger partial charge in [-0.2, -0.15) is 0 Å². The number of carbonyl (C=O) groups is 1. The lowest BCUT2D eigenvalue weighted by molar-refractivity contribution is 0.0937. The molecule has 9 heteroatoms. The summed E-state index contributed by atoms with van der Waals surface area (Å²) in [6.07, 6.45) is 0. The summed E-state index contributed by atoms with van der Waals surface area (Å²) < 4.78 is 1.98. The van der Waals surface area contributed by atoms with Crippen molar-refractivity contribution >= 4 is 52.5 Å². The average Bonchev–Trinajstić information content (AvgIpc) is 3.10. The average molecular weight is 470 g/mol. The van der Waals surface area contributed by atoms with Crippen LogP contribution in [0.1, 0.15) is 41.6 Å². The number of hydrogen-bond acceptors (Lipinski definition) is 4. The van der Waals surface area contributed by atoms with Crippen LogP contribution in [0.3, 0.4) is 0 Å². The Kier molecular flexibility index (Phi) is 7.46. The van der Waals surface area contributed by atoms with Crippen molar-refractivity contribution in [2.45, 2.75) is 37.3 Å². The number of benzene rings is 2. The van der Waals surface area contributed by atoms with E-state index in [2.05, 4.69) is 15.5 Å². The smallest absolute Gasteiger partial charge is 0.253 e. The summed E-state index contributed by atoms with van der Waals surface area (Å²) in [7, 11) is 0. The van der Waals surface area contributed by atoms with E-state index in [0.29, 0.717) is 38.8 Å². The van der Waals surface area contributed by atoms with E-state index in [-0.39, 0.29) is 11.9 Å². The standard InChI is InChI=1S/C20H19Cl3N4OS/c1-3-27-18(12(2)24-19(28)15-6-4-5-7-16(15)22)25-26-20(27)29-11-13-8-9-14(21)10-17(13)23/h4-10,12H,3,11H2,1-2H3,(H,24,28)/t12-/m0/s1. The maximum atomic E-state index is 12.5. The topological polar surface area (TPSA) is 59.8 Å². The molecule has 3 aromatic rings. The summed E-state index contributed by atoms with van der Waals surface area (Å²) in [5, 5.41) is 13.9. The normalized spacial score (nSPS) is 12.0. The van der Waals surface area contributed by atoms with Gasteiger partial charge in [0.2, 0.25) is 0 Å². The molecule has 0 fully saturated rings. The highest BCUT2D eigenvalue weighted by Gasteiger charge is 2.20. The van der Waals surface area contributed by atoms with Crippen LogP contribution in [0.25, 0.3) is 0 Å². The lowest BCUT2D eigenvalue weighted by Crippen LogP contribution is -2.29. The molecule has 0 saturated carbocycles. The Balaban J connectivity index is 1.73. The molecule has 1 amide bonds. The van der Waals surface area contributed by atoms with Gasteiger partial charge in [-0.1, -0.05) is 64.8 Å². The molecule has 3 rings (SSSR count). The largest absolute Gasteiger partial charge is 0.342 e. The molecule has 0 bridgehead atoms. The number of carbonyl (C=O) groups excluding carboxylic acids is 1. The van der Waals surface area contributed by atoms with Crippen LogP contribution in [-0.2, 0) is 12.3 Å². The zero-order valence-electron chi connectivity index (χ0n) is 15.8. The van der Waals surface area contributed by atoms with Crippen molar-refractivity contribution < 1.29 is 4.79 Å². The fourth-order valence-electron chi connectivity index (χ4n) is 2.79. The number of aromatic nitrogens is 3. The molecule has 29 heavy (non-hydrogen) atoms. The van der Waals surface area contributed by atoms with Gasteiger partial charge in [-0.25, -0.2) is 0 Å². The first kappa shape index (κ1) is 22.0. The predicted molar refractivity (Wildman–Crippen MR) is 119 cm³/mol. The van der Waals surface area contributed by atoms with Gasteiger partial charge in [0, 0.05) is 22.3 Å². The van der Waals surface area contributed by atoms with Gasteiger partial charge in [0.1, 0.15) is 0 Å². The van der Waals surface area contributed by atoms with Gasteiger partial charge < -0.3 is 9.88 Å². The second kappa shape index (κ2) is 9.85. The van der Waals surface area contributed by atoms with E-state index in [1.54, 1.807) is 30.3 Å². The molecule has 0 unspecified atom stereocenters. The molecule has 0 aliphatic carbocycles. The predicted octanol–water partition coefficient (Wildman–Crippen LogP) is 6.04. The minimum Gasteiger partial charge on any atom is -0.342 e. The molecule has 1 heterocycles. The fourth-order valence-corrected chi connectivity index (χ4v) is 4.58. The van der Waals surface area contributed by atoms with Crippen molar-refractivity contribution in [1.29, 1.82) is 0 Å². The highest BCUT2D eigenvalue weighted by Crippen LogP contribution is 2.29. The van der Waals surface area contributed by atoms with E-state index in [1.807, 2.05) is 30.5 Å². The molecule has 0 spiro atoms. The SMILES string of the molecule is CCn1c(SCc2ccc(Cl)cc2Cl)nnc1[C@H](C)NC(=O)c1ccccc1Cl. The zero-order valence-corrected chi connectivity index (χ0v) is 18.9. The number of thioether (sulfide) groups is 1. The lowest BCUT2D eigenvalue weighted by Gasteiger charge is -2.15. The van der Waals surface area contributed by atoms with Crippen molar-refractivity contribution in [3.8, 4) is 0 Å². The highest BCUT2D eigenvalue weighted by molar-refractivity contribution is 7.98. The Bertz CT molecular complexity index is 1020. The van der Waals surface area contributed by atoms with Crippen LogP contribution >= 0.6 is 46.6 Å². The van der Waals surface area contributed by atoms with E-state index in [4.69, 9.17) is 34.8 Å². The van der Waals surface area contributed by atoms with Crippen molar-refractivity contribution in [1.82, 2.24) is 20.1 Å². The summed E-state index contributed by atoms with van der Waals surface area (Å²) in [6.45, 7) is 4.55. The number of nitrogens with one attached hydrogen (secondary N) is 1. The summed E-state index contributed by atoms with van der Waals surface area (Å²) >= 11 is 19.9. The van der Waals surface area contributed by atoms with E-state index >= 15 is 0 Å². The van der Waals surface area contributed by atoms with Gasteiger partial charge in [0.05, 0.1) is 16.6 Å². The zero-order chi connectivity index (χ0) is 21.0. The van der Waals surface area contributed by atoms with Crippen LogP contribution in [-0.4, -0.2) is 20.7 Å². The molecule has 1 atom stereocenters. The van der Waals surface area contributed by atoms with Crippen LogP contribution in [0, 0.1) is 0 Å². The van der Waals surface area contributed by atoms with Crippen molar-refractivity contribution in [2.24, 2.45) is 0 Å². The Morgan fingerprint density at radius 3 is 2.59 bits per heavy atom. The molecule has 1 aromatic heterocycles. The molecule has 0 aliphatic heterocycles. The maximum absolute atomic E-state index is 12.5. The minimum atomic E-state index is -0.334. The first-order valence-electron chi connectivity index (χ1n) is 8.96. The molecular formula is C20H19Cl3N4OS. The Labute approximate surface area is 188 Å². The van der Waals surface area contributed by atoms with Gasteiger partial charge in [-0.05, 0) is 43.7 Å². The molecule has 152 valence electrons. The number of halogens is 3. The van der Waals surface area contributed by atoms with E-state index in [0.717, 1.165) is 10.7 Å². The van der Waals surface area contributed by atoms with Crippen LogP contribution in [0.4, 0.5) is 0 Å². The van der Waals surface area contributed by atoms with Gasteiger partial charge in [0.25, 0.3) is 5.91 Å². The fraction of sp³-hybridized carbons (Fsp3) is 0.250. The van der Waals surface area contributed by atoms with Crippen LogP contribution < -0.4 is 5.32 Å². The third kappa shape index (κ3) is 5.25. The van der Waals surface area contributed by atoms with Crippen LogP contribution in [0.2, 0.25) is 15.1 Å². The van der Waals surface area contributed by atoms with E-state index in [9.17, 15) is 4.79 Å². The van der Waals surface area contributed by atoms with Crippen LogP contribution in [0.5, 0.6) is 0 Å². The first-order valence-corrected chi connectivity index (χ1v) is 11.1. The second-order valence-electron chi connectivity index (χ2n) is 6.28. The van der Waals surface area contributed by atoms with Gasteiger partial charge in [0.15, 0.2) is 11.0 Å². The lowest BCUT2D eigenvalue weighted by atomic mass is 10.2. The monoisotopic (exact) mass is 468 g/mol. The summed E-state index contributed by atoms with van der Waals surface area (Å²) in [6, 6.07) is 12.0. The molecule has 2 aromatic carbocycles. The van der Waals surface area contributed by atoms with Gasteiger partial charge >= 0.3 is 0 Å². The Morgan fingerprint density at radius 2 is 1.90 bits per heavy atom. The maximum Gasteiger partial charge on any atom is 0.253 e. The number of amides is 1. The minimum absolute atomic E-state index is 0.254. The molecule has 0 saturated heterocycles. The third-order valence-corrected chi connectivity index (χ3v) is 6.22. The highest BCUT2D eigenvalue weighted by atomic mass is 35.5. The third-order valence-electron chi connectivity index (χ3n) is 4.29. The van der Waals surface area contributed by atoms with Crippen molar-refractivity contribution in [3.05, 3.63) is 74.5 Å². The Morgan fingerprint density at radius 1 is 1.14 bits per heavy atom. The summed E-state index contributed by atoms with van der Waals surface area (Å²) in [5.74, 6) is 1.06.